The molecule has 1 aromatic heterocycles. The summed E-state index contributed by atoms with van der Waals surface area (Å²) in [6.45, 7) is -0.378. The molecule has 31 heavy (non-hydrogen) atoms. The van der Waals surface area contributed by atoms with E-state index in [0.717, 1.165) is 21.7 Å². The highest BCUT2D eigenvalue weighted by atomic mass is 32.1. The van der Waals surface area contributed by atoms with E-state index in [2.05, 4.69) is 10.3 Å². The third-order valence-electron chi connectivity index (χ3n) is 4.60. The van der Waals surface area contributed by atoms with Gasteiger partial charge in [0.1, 0.15) is 5.01 Å². The molecule has 0 radical (unpaired) electrons. The molecule has 0 saturated heterocycles. The van der Waals surface area contributed by atoms with Crippen molar-refractivity contribution in [2.75, 3.05) is 11.9 Å². The maximum absolute atomic E-state index is 12.4. The molecule has 1 heterocycles. The number of benzene rings is 3. The maximum atomic E-state index is 12.4. The molecule has 1 amide bonds. The van der Waals surface area contributed by atoms with E-state index in [1.807, 2.05) is 84.9 Å². The molecule has 6 heteroatoms. The minimum absolute atomic E-state index is 0.195. The van der Waals surface area contributed by atoms with Gasteiger partial charge in [0.15, 0.2) is 12.3 Å². The van der Waals surface area contributed by atoms with Gasteiger partial charge in [-0.05, 0) is 23.6 Å². The van der Waals surface area contributed by atoms with E-state index in [-0.39, 0.29) is 12.3 Å². The number of anilines is 1. The number of aromatic nitrogens is 1. The van der Waals surface area contributed by atoms with Crippen molar-refractivity contribution in [3.8, 4) is 10.6 Å². The summed E-state index contributed by atoms with van der Waals surface area (Å²) in [7, 11) is 0. The Morgan fingerprint density at radius 2 is 1.55 bits per heavy atom. The number of hydrogen-bond donors (Lipinski definition) is 1. The fourth-order valence-electron chi connectivity index (χ4n) is 3.08. The molecule has 4 rings (SSSR count). The van der Waals surface area contributed by atoms with Crippen LogP contribution in [0.1, 0.15) is 21.6 Å². The lowest BCUT2D eigenvalue weighted by molar-refractivity contribution is -0.119. The molecule has 1 N–H and O–H groups in total. The van der Waals surface area contributed by atoms with Gasteiger partial charge >= 0.3 is 5.97 Å². The highest BCUT2D eigenvalue weighted by molar-refractivity contribution is 7.13. The molecule has 0 spiro atoms. The van der Waals surface area contributed by atoms with Crippen molar-refractivity contribution in [2.45, 2.75) is 6.42 Å². The van der Waals surface area contributed by atoms with E-state index in [9.17, 15) is 9.59 Å². The van der Waals surface area contributed by atoms with E-state index < -0.39 is 11.9 Å². The zero-order valence-electron chi connectivity index (χ0n) is 16.7. The van der Waals surface area contributed by atoms with Crippen molar-refractivity contribution in [2.24, 2.45) is 0 Å². The number of hydrogen-bond acceptors (Lipinski definition) is 5. The minimum Gasteiger partial charge on any atom is -0.451 e. The SMILES string of the molecule is O=C(COC(=O)c1csc(-c2ccccc2)n1)Nc1ccccc1Cc1ccccc1. The van der Waals surface area contributed by atoms with E-state index in [1.54, 1.807) is 5.38 Å². The molecule has 0 fully saturated rings. The highest BCUT2D eigenvalue weighted by Gasteiger charge is 2.15. The third kappa shape index (κ3) is 5.43. The van der Waals surface area contributed by atoms with Crippen molar-refractivity contribution < 1.29 is 14.3 Å². The lowest BCUT2D eigenvalue weighted by Crippen LogP contribution is -2.21. The van der Waals surface area contributed by atoms with Crippen LogP contribution in [-0.4, -0.2) is 23.5 Å². The molecule has 0 aliphatic carbocycles. The quantitative estimate of drug-likeness (QED) is 0.411. The monoisotopic (exact) mass is 428 g/mol. The minimum atomic E-state index is -0.619. The molecular formula is C25H20N2O3S. The molecule has 0 aliphatic heterocycles. The van der Waals surface area contributed by atoms with Crippen molar-refractivity contribution >= 4 is 28.9 Å². The molecular weight excluding hydrogens is 408 g/mol. The first-order valence-electron chi connectivity index (χ1n) is 9.79. The van der Waals surface area contributed by atoms with Crippen LogP contribution in [0.2, 0.25) is 0 Å². The zero-order valence-corrected chi connectivity index (χ0v) is 17.5. The number of amides is 1. The van der Waals surface area contributed by atoms with Gasteiger partial charge < -0.3 is 10.1 Å². The summed E-state index contributed by atoms with van der Waals surface area (Å²) >= 11 is 1.36. The number of esters is 1. The van der Waals surface area contributed by atoms with Crippen LogP contribution in [0.5, 0.6) is 0 Å². The fourth-order valence-corrected chi connectivity index (χ4v) is 3.88. The molecule has 0 atom stereocenters. The van der Waals surface area contributed by atoms with E-state index in [4.69, 9.17) is 4.74 Å². The number of nitrogens with zero attached hydrogens (tertiary/aromatic N) is 1. The van der Waals surface area contributed by atoms with Gasteiger partial charge in [0, 0.05) is 16.6 Å². The Balaban J connectivity index is 1.35. The second kappa shape index (κ2) is 9.82. The first kappa shape index (κ1) is 20.5. The van der Waals surface area contributed by atoms with Crippen LogP contribution in [0, 0.1) is 0 Å². The first-order chi connectivity index (χ1) is 15.2. The summed E-state index contributed by atoms with van der Waals surface area (Å²) in [5.74, 6) is -1.02. The summed E-state index contributed by atoms with van der Waals surface area (Å²) in [6.07, 6.45) is 0.693. The van der Waals surface area contributed by atoms with Gasteiger partial charge in [-0.3, -0.25) is 4.79 Å². The van der Waals surface area contributed by atoms with Gasteiger partial charge in [0.05, 0.1) is 0 Å². The number of carbonyl (C=O) groups excluding carboxylic acids is 2. The largest absolute Gasteiger partial charge is 0.451 e. The first-order valence-corrected chi connectivity index (χ1v) is 10.7. The molecule has 0 bridgehead atoms. The van der Waals surface area contributed by atoms with Crippen molar-refractivity contribution in [3.63, 3.8) is 0 Å². The summed E-state index contributed by atoms with van der Waals surface area (Å²) in [6, 6.07) is 27.2. The molecule has 154 valence electrons. The Bertz CT molecular complexity index is 1170. The van der Waals surface area contributed by atoms with Gasteiger partial charge in [-0.1, -0.05) is 78.9 Å². The van der Waals surface area contributed by atoms with E-state index >= 15 is 0 Å². The average Bonchev–Trinajstić information content (AvgIpc) is 3.31. The van der Waals surface area contributed by atoms with Gasteiger partial charge in [-0.15, -0.1) is 11.3 Å². The smallest absolute Gasteiger partial charge is 0.358 e. The standard InChI is InChI=1S/C25H20N2O3S/c28-23(26-21-14-8-7-13-20(21)15-18-9-3-1-4-10-18)16-30-25(29)22-17-31-24(27-22)19-11-5-2-6-12-19/h1-14,17H,15-16H2,(H,26,28). The molecule has 5 nitrogen and oxygen atoms in total. The molecule has 0 unspecified atom stereocenters. The average molecular weight is 429 g/mol. The predicted octanol–water partition coefficient (Wildman–Crippen LogP) is 5.20. The normalized spacial score (nSPS) is 10.5. The Labute approximate surface area is 184 Å². The topological polar surface area (TPSA) is 68.3 Å². The number of thiazole rings is 1. The molecule has 0 aliphatic rings. The van der Waals surface area contributed by atoms with Gasteiger partial charge in [-0.25, -0.2) is 9.78 Å². The van der Waals surface area contributed by atoms with E-state index in [0.29, 0.717) is 12.1 Å². The van der Waals surface area contributed by atoms with E-state index in [1.165, 1.54) is 11.3 Å². The summed E-state index contributed by atoms with van der Waals surface area (Å²) in [5.41, 5.74) is 3.96. The Morgan fingerprint density at radius 3 is 2.32 bits per heavy atom. The highest BCUT2D eigenvalue weighted by Crippen LogP contribution is 2.23. The number of nitrogens with one attached hydrogen (secondary N) is 1. The van der Waals surface area contributed by atoms with Crippen LogP contribution < -0.4 is 5.32 Å². The Morgan fingerprint density at radius 1 is 0.871 bits per heavy atom. The van der Waals surface area contributed by atoms with Crippen molar-refractivity contribution in [3.05, 3.63) is 107 Å². The second-order valence-corrected chi connectivity index (χ2v) is 7.71. The summed E-state index contributed by atoms with van der Waals surface area (Å²) in [5, 5.41) is 5.20. The number of ether oxygens (including phenoxy) is 1. The number of rotatable bonds is 7. The second-order valence-electron chi connectivity index (χ2n) is 6.85. The van der Waals surface area contributed by atoms with Crippen LogP contribution in [0.15, 0.2) is 90.3 Å². The molecule has 4 aromatic rings. The molecule has 3 aromatic carbocycles. The van der Waals surface area contributed by atoms with Gasteiger partial charge in [0.2, 0.25) is 0 Å². The van der Waals surface area contributed by atoms with Crippen LogP contribution in [0.3, 0.4) is 0 Å². The number of para-hydroxylation sites is 1. The van der Waals surface area contributed by atoms with Crippen LogP contribution in [0.25, 0.3) is 10.6 Å². The van der Waals surface area contributed by atoms with Crippen molar-refractivity contribution in [1.82, 2.24) is 4.98 Å². The third-order valence-corrected chi connectivity index (χ3v) is 5.49. The van der Waals surface area contributed by atoms with Crippen LogP contribution in [0.4, 0.5) is 5.69 Å². The van der Waals surface area contributed by atoms with Gasteiger partial charge in [0.25, 0.3) is 5.91 Å². The Kier molecular flexibility index (Phi) is 6.50. The molecule has 0 saturated carbocycles. The van der Waals surface area contributed by atoms with Crippen molar-refractivity contribution in [1.29, 1.82) is 0 Å². The lowest BCUT2D eigenvalue weighted by atomic mass is 10.0. The maximum Gasteiger partial charge on any atom is 0.358 e. The number of carbonyl (C=O) groups is 2. The fraction of sp³-hybridized carbons (Fsp3) is 0.0800. The van der Waals surface area contributed by atoms with Gasteiger partial charge in [-0.2, -0.15) is 0 Å². The van der Waals surface area contributed by atoms with Crippen LogP contribution >= 0.6 is 11.3 Å². The lowest BCUT2D eigenvalue weighted by Gasteiger charge is -2.11. The Hall–Kier alpha value is -3.77. The zero-order chi connectivity index (χ0) is 21.5. The predicted molar refractivity (Wildman–Crippen MR) is 122 cm³/mol. The summed E-state index contributed by atoms with van der Waals surface area (Å²) in [4.78, 5) is 29.0. The summed E-state index contributed by atoms with van der Waals surface area (Å²) < 4.78 is 5.16. The van der Waals surface area contributed by atoms with Crippen LogP contribution in [-0.2, 0) is 16.0 Å².